The van der Waals surface area contributed by atoms with E-state index in [1.165, 1.54) is 23.3 Å². The van der Waals surface area contributed by atoms with Crippen LogP contribution in [0.25, 0.3) is 0 Å². The van der Waals surface area contributed by atoms with Crippen molar-refractivity contribution >= 4 is 17.8 Å². The Morgan fingerprint density at radius 3 is 2.54 bits per heavy atom. The highest BCUT2D eigenvalue weighted by Crippen LogP contribution is 2.41. The van der Waals surface area contributed by atoms with E-state index in [1.54, 1.807) is 47.6 Å². The first-order valence-electron chi connectivity index (χ1n) is 11.5. The maximum Gasteiger partial charge on any atom is 0.325 e. The molecule has 1 aromatic carbocycles. The molecule has 2 aliphatic rings. The number of nitrogens with zero attached hydrogens (tertiary/aromatic N) is 3. The van der Waals surface area contributed by atoms with Crippen LogP contribution in [0.1, 0.15) is 40.1 Å². The van der Waals surface area contributed by atoms with Crippen LogP contribution in [0.3, 0.4) is 0 Å². The largest absolute Gasteiger partial charge is 0.459 e. The van der Waals surface area contributed by atoms with Crippen molar-refractivity contribution in [2.45, 2.75) is 31.8 Å². The molecular formula is C26H25FN4O4. The molecule has 180 valence electrons. The second-order valence-corrected chi connectivity index (χ2v) is 9.00. The minimum Gasteiger partial charge on any atom is -0.459 e. The van der Waals surface area contributed by atoms with Crippen LogP contribution in [-0.4, -0.2) is 45.7 Å². The number of furan rings is 1. The molecule has 1 N–H and O–H groups in total. The first kappa shape index (κ1) is 22.8. The van der Waals surface area contributed by atoms with E-state index in [0.29, 0.717) is 42.8 Å². The van der Waals surface area contributed by atoms with Gasteiger partial charge in [-0.1, -0.05) is 18.2 Å². The van der Waals surface area contributed by atoms with Crippen molar-refractivity contribution in [1.29, 1.82) is 0 Å². The normalized spacial score (nSPS) is 20.9. The van der Waals surface area contributed by atoms with Crippen LogP contribution in [0.4, 0.5) is 9.18 Å². The average molecular weight is 477 g/mol. The van der Waals surface area contributed by atoms with Crippen molar-refractivity contribution in [3.05, 3.63) is 89.4 Å². The van der Waals surface area contributed by atoms with Crippen LogP contribution >= 0.6 is 0 Å². The van der Waals surface area contributed by atoms with Gasteiger partial charge in [0, 0.05) is 36.6 Å². The van der Waals surface area contributed by atoms with E-state index in [1.807, 2.05) is 6.92 Å². The summed E-state index contributed by atoms with van der Waals surface area (Å²) in [6.07, 6.45) is 5.73. The Kier molecular flexibility index (Phi) is 5.84. The van der Waals surface area contributed by atoms with Crippen LogP contribution in [0.2, 0.25) is 0 Å². The Morgan fingerprint density at radius 1 is 1.17 bits per heavy atom. The monoisotopic (exact) mass is 476 g/mol. The number of pyridine rings is 1. The molecule has 0 aliphatic carbocycles. The van der Waals surface area contributed by atoms with Crippen LogP contribution in [0, 0.1) is 18.7 Å². The Labute approximate surface area is 201 Å². The van der Waals surface area contributed by atoms with Crippen molar-refractivity contribution in [2.24, 2.45) is 5.92 Å². The lowest BCUT2D eigenvalue weighted by Crippen LogP contribution is -2.54. The average Bonchev–Trinajstić information content (AvgIpc) is 3.42. The molecule has 0 radical (unpaired) electrons. The number of carbonyl (C=O) groups is 3. The number of aromatic nitrogens is 1. The van der Waals surface area contributed by atoms with Crippen molar-refractivity contribution in [3.8, 4) is 0 Å². The number of piperidine rings is 1. The number of likely N-dealkylation sites (tertiary alicyclic amines) is 1. The number of halogens is 1. The number of hydrogen-bond acceptors (Lipinski definition) is 5. The Morgan fingerprint density at radius 2 is 1.91 bits per heavy atom. The molecule has 4 heterocycles. The highest BCUT2D eigenvalue weighted by atomic mass is 19.1. The third kappa shape index (κ3) is 3.96. The Hall–Kier alpha value is -4.01. The molecule has 8 nitrogen and oxygen atoms in total. The van der Waals surface area contributed by atoms with Gasteiger partial charge in [-0.2, -0.15) is 0 Å². The van der Waals surface area contributed by atoms with E-state index >= 15 is 0 Å². The lowest BCUT2D eigenvalue weighted by molar-refractivity contribution is -0.134. The molecule has 35 heavy (non-hydrogen) atoms. The zero-order valence-corrected chi connectivity index (χ0v) is 19.2. The Balaban J connectivity index is 1.41. The Bertz CT molecular complexity index is 1250. The molecule has 3 aromatic rings. The predicted molar refractivity (Wildman–Crippen MR) is 123 cm³/mol. The van der Waals surface area contributed by atoms with Crippen molar-refractivity contribution in [1.82, 2.24) is 20.1 Å². The fraction of sp³-hybridized carbons (Fsp3) is 0.308. The van der Waals surface area contributed by atoms with Crippen LogP contribution in [0.5, 0.6) is 0 Å². The highest BCUT2D eigenvalue weighted by Gasteiger charge is 2.57. The molecule has 0 unspecified atom stereocenters. The van der Waals surface area contributed by atoms with Gasteiger partial charge in [0.15, 0.2) is 11.3 Å². The SMILES string of the molecule is Cc1ccoc1C(=O)N1CCC([C@@]2(c3cccnc3)NC(=O)N(Cc3ccc(F)cc3)C2=O)CC1. The lowest BCUT2D eigenvalue weighted by atomic mass is 9.73. The summed E-state index contributed by atoms with van der Waals surface area (Å²) < 4.78 is 18.7. The minimum atomic E-state index is -1.29. The first-order valence-corrected chi connectivity index (χ1v) is 11.5. The number of hydrogen-bond donors (Lipinski definition) is 1. The molecule has 9 heteroatoms. The number of urea groups is 1. The van der Waals surface area contributed by atoms with Crippen molar-refractivity contribution < 1.29 is 23.2 Å². The molecule has 2 aliphatic heterocycles. The molecule has 1 atom stereocenters. The van der Waals surface area contributed by atoms with Gasteiger partial charge in [-0.15, -0.1) is 0 Å². The van der Waals surface area contributed by atoms with Gasteiger partial charge in [-0.25, -0.2) is 9.18 Å². The van der Waals surface area contributed by atoms with E-state index in [-0.39, 0.29) is 30.1 Å². The first-order chi connectivity index (χ1) is 16.9. The summed E-state index contributed by atoms with van der Waals surface area (Å²) in [6, 6.07) is 10.5. The quantitative estimate of drug-likeness (QED) is 0.568. The fourth-order valence-corrected chi connectivity index (χ4v) is 5.07. The minimum absolute atomic E-state index is 0.0298. The molecule has 0 saturated carbocycles. The summed E-state index contributed by atoms with van der Waals surface area (Å²) in [6.45, 7) is 2.70. The van der Waals surface area contributed by atoms with Gasteiger partial charge in [-0.05, 0) is 55.5 Å². The number of imide groups is 1. The van der Waals surface area contributed by atoms with E-state index in [4.69, 9.17) is 4.42 Å². The molecular weight excluding hydrogens is 451 g/mol. The smallest absolute Gasteiger partial charge is 0.325 e. The van der Waals surface area contributed by atoms with Crippen molar-refractivity contribution in [3.63, 3.8) is 0 Å². The maximum absolute atomic E-state index is 13.9. The zero-order chi connectivity index (χ0) is 24.6. The molecule has 0 bridgehead atoms. The van der Waals surface area contributed by atoms with Gasteiger partial charge >= 0.3 is 6.03 Å². The zero-order valence-electron chi connectivity index (χ0n) is 19.2. The molecule has 2 saturated heterocycles. The van der Waals surface area contributed by atoms with Gasteiger partial charge in [0.05, 0.1) is 12.8 Å². The predicted octanol–water partition coefficient (Wildman–Crippen LogP) is 3.62. The van der Waals surface area contributed by atoms with Gasteiger partial charge in [-0.3, -0.25) is 19.5 Å². The highest BCUT2D eigenvalue weighted by molar-refractivity contribution is 6.07. The summed E-state index contributed by atoms with van der Waals surface area (Å²) in [7, 11) is 0. The van der Waals surface area contributed by atoms with E-state index < -0.39 is 11.6 Å². The van der Waals surface area contributed by atoms with Crippen LogP contribution < -0.4 is 5.32 Å². The van der Waals surface area contributed by atoms with Crippen LogP contribution in [0.15, 0.2) is 65.5 Å². The summed E-state index contributed by atoms with van der Waals surface area (Å²) in [5, 5.41) is 2.97. The summed E-state index contributed by atoms with van der Waals surface area (Å²) >= 11 is 0. The topological polar surface area (TPSA) is 95.8 Å². The van der Waals surface area contributed by atoms with Crippen LogP contribution in [-0.2, 0) is 16.9 Å². The van der Waals surface area contributed by atoms with Gasteiger partial charge in [0.25, 0.3) is 11.8 Å². The number of amides is 4. The van der Waals surface area contributed by atoms with E-state index in [2.05, 4.69) is 10.3 Å². The van der Waals surface area contributed by atoms with Gasteiger partial charge in [0.1, 0.15) is 5.82 Å². The molecule has 0 spiro atoms. The summed E-state index contributed by atoms with van der Waals surface area (Å²) in [4.78, 5) is 47.0. The number of carbonyl (C=O) groups excluding carboxylic acids is 3. The lowest BCUT2D eigenvalue weighted by Gasteiger charge is -2.40. The summed E-state index contributed by atoms with van der Waals surface area (Å²) in [5.41, 5.74) is 0.734. The molecule has 5 rings (SSSR count). The number of rotatable bonds is 5. The third-order valence-corrected chi connectivity index (χ3v) is 6.95. The third-order valence-electron chi connectivity index (χ3n) is 6.95. The maximum atomic E-state index is 13.9. The molecule has 2 aromatic heterocycles. The second-order valence-electron chi connectivity index (χ2n) is 9.00. The number of nitrogens with one attached hydrogen (secondary N) is 1. The van der Waals surface area contributed by atoms with Gasteiger partial charge in [0.2, 0.25) is 0 Å². The van der Waals surface area contributed by atoms with E-state index in [9.17, 15) is 18.8 Å². The molecule has 2 fully saturated rings. The summed E-state index contributed by atoms with van der Waals surface area (Å²) in [5.74, 6) is -0.862. The number of aryl methyl sites for hydroxylation is 1. The standard InChI is InChI=1S/C26H25FN4O4/c1-17-10-14-35-22(17)23(32)30-12-8-19(9-13-30)26(20-3-2-11-28-15-20)24(33)31(25(34)29-26)16-18-4-6-21(27)7-5-18/h2-7,10-11,14-15,19H,8-9,12-13,16H2,1H3,(H,29,34)/t26-/m0/s1. The molecule has 4 amide bonds. The van der Waals surface area contributed by atoms with Gasteiger partial charge < -0.3 is 14.6 Å². The van der Waals surface area contributed by atoms with E-state index in [0.717, 1.165) is 5.56 Å². The second kappa shape index (κ2) is 8.98. The fourth-order valence-electron chi connectivity index (χ4n) is 5.07. The number of benzene rings is 1. The van der Waals surface area contributed by atoms with Crippen molar-refractivity contribution in [2.75, 3.05) is 13.1 Å².